The van der Waals surface area contributed by atoms with Crippen molar-refractivity contribution >= 4 is 56.6 Å². The monoisotopic (exact) mass is 478 g/mol. The molecule has 0 saturated carbocycles. The van der Waals surface area contributed by atoms with Crippen molar-refractivity contribution in [2.75, 3.05) is 22.9 Å². The molecule has 10 heteroatoms. The van der Waals surface area contributed by atoms with Crippen molar-refractivity contribution in [1.29, 1.82) is 0 Å². The third-order valence-electron chi connectivity index (χ3n) is 4.00. The Morgan fingerprint density at radius 1 is 1.24 bits per heavy atom. The minimum atomic E-state index is -3.79. The number of carbonyl (C=O) groups excluding carboxylic acids is 1. The van der Waals surface area contributed by atoms with Gasteiger partial charge in [-0.2, -0.15) is 11.8 Å². The quantitative estimate of drug-likeness (QED) is 0.544. The van der Waals surface area contributed by atoms with E-state index < -0.39 is 22.0 Å². The van der Waals surface area contributed by atoms with Crippen LogP contribution >= 0.6 is 35.0 Å². The van der Waals surface area contributed by atoms with Crippen LogP contribution in [0.4, 0.5) is 10.1 Å². The lowest BCUT2D eigenvalue weighted by Gasteiger charge is -2.29. The molecule has 29 heavy (non-hydrogen) atoms. The van der Waals surface area contributed by atoms with Crippen LogP contribution in [0.5, 0.6) is 0 Å². The summed E-state index contributed by atoms with van der Waals surface area (Å²) in [5, 5.41) is 3.17. The van der Waals surface area contributed by atoms with Gasteiger partial charge in [0.2, 0.25) is 15.9 Å². The van der Waals surface area contributed by atoms with Crippen LogP contribution < -0.4 is 9.62 Å². The van der Waals surface area contributed by atoms with E-state index in [2.05, 4.69) is 5.32 Å². The number of hydrogen-bond donors (Lipinski definition) is 1. The molecule has 2 aromatic rings. The van der Waals surface area contributed by atoms with Crippen LogP contribution in [0.15, 0.2) is 42.5 Å². The molecule has 2 aromatic carbocycles. The van der Waals surface area contributed by atoms with E-state index in [9.17, 15) is 17.6 Å². The van der Waals surface area contributed by atoms with Crippen LogP contribution in [-0.2, 0) is 20.6 Å². The summed E-state index contributed by atoms with van der Waals surface area (Å²) in [7, 11) is -3.79. The van der Waals surface area contributed by atoms with Gasteiger partial charge in [-0.15, -0.1) is 0 Å². The van der Waals surface area contributed by atoms with Crippen LogP contribution in [0.25, 0.3) is 0 Å². The molecule has 0 unspecified atom stereocenters. The Balaban J connectivity index is 1.97. The van der Waals surface area contributed by atoms with Crippen LogP contribution in [0.2, 0.25) is 10.0 Å². The number of rotatable bonds is 9. The topological polar surface area (TPSA) is 66.5 Å². The van der Waals surface area contributed by atoms with Crippen molar-refractivity contribution in [2.24, 2.45) is 0 Å². The molecule has 0 spiro atoms. The Bertz CT molecular complexity index is 974. The highest BCUT2D eigenvalue weighted by Gasteiger charge is 2.30. The van der Waals surface area contributed by atoms with E-state index in [1.807, 2.05) is 0 Å². The molecule has 0 heterocycles. The molecule has 1 amide bonds. The lowest BCUT2D eigenvalue weighted by atomic mass is 10.2. The first-order chi connectivity index (χ1) is 13.6. The molecular weight excluding hydrogens is 458 g/mol. The van der Waals surface area contributed by atoms with E-state index in [4.69, 9.17) is 23.2 Å². The fourth-order valence-electron chi connectivity index (χ4n) is 2.63. The maximum absolute atomic E-state index is 13.6. The molecule has 0 aromatic heterocycles. The summed E-state index contributed by atoms with van der Waals surface area (Å²) in [6.07, 6.45) is 0.998. The number of anilines is 1. The highest BCUT2D eigenvalue weighted by molar-refractivity contribution is 7.98. The summed E-state index contributed by atoms with van der Waals surface area (Å²) < 4.78 is 39.2. The average molecular weight is 479 g/mol. The first-order valence-electron chi connectivity index (χ1n) is 8.64. The smallest absolute Gasteiger partial charge is 0.243 e. The van der Waals surface area contributed by atoms with E-state index in [-0.39, 0.29) is 16.5 Å². The van der Waals surface area contributed by atoms with E-state index in [1.54, 1.807) is 18.2 Å². The van der Waals surface area contributed by atoms with Gasteiger partial charge >= 0.3 is 0 Å². The fraction of sp³-hybridized carbons (Fsp3) is 0.316. The largest absolute Gasteiger partial charge is 0.353 e. The van der Waals surface area contributed by atoms with Gasteiger partial charge in [-0.05, 0) is 36.8 Å². The summed E-state index contributed by atoms with van der Waals surface area (Å²) in [4.78, 5) is 12.5. The van der Waals surface area contributed by atoms with Crippen LogP contribution in [0, 0.1) is 5.82 Å². The SMILES string of the molecule is C[C@H](C(=O)NCCSCc1ccccc1F)N(c1cc(Cl)ccc1Cl)S(C)(=O)=O. The first-order valence-corrected chi connectivity index (χ1v) is 12.4. The van der Waals surface area contributed by atoms with E-state index in [0.29, 0.717) is 28.6 Å². The fourth-order valence-corrected chi connectivity index (χ4v) is 5.08. The summed E-state index contributed by atoms with van der Waals surface area (Å²) in [5.41, 5.74) is 0.731. The number of thioether (sulfide) groups is 1. The third-order valence-corrected chi connectivity index (χ3v) is 6.79. The highest BCUT2D eigenvalue weighted by Crippen LogP contribution is 2.32. The van der Waals surface area contributed by atoms with Gasteiger partial charge in [0, 0.05) is 23.1 Å². The number of sulfonamides is 1. The second-order valence-corrected chi connectivity index (χ2v) is 10.1. The number of benzene rings is 2. The van der Waals surface area contributed by atoms with Crippen LogP contribution in [-0.4, -0.2) is 38.9 Å². The number of carbonyl (C=O) groups is 1. The zero-order valence-corrected chi connectivity index (χ0v) is 19.0. The Hall–Kier alpha value is -1.48. The van der Waals surface area contributed by atoms with Gasteiger partial charge in [0.05, 0.1) is 17.0 Å². The van der Waals surface area contributed by atoms with E-state index in [1.165, 1.54) is 43.0 Å². The van der Waals surface area contributed by atoms with Gasteiger partial charge in [0.25, 0.3) is 0 Å². The van der Waals surface area contributed by atoms with Crippen molar-refractivity contribution in [1.82, 2.24) is 5.32 Å². The Kier molecular flexibility index (Phi) is 8.63. The lowest BCUT2D eigenvalue weighted by Crippen LogP contribution is -2.48. The molecule has 2 rings (SSSR count). The van der Waals surface area contributed by atoms with Crippen molar-refractivity contribution in [2.45, 2.75) is 18.7 Å². The zero-order valence-electron chi connectivity index (χ0n) is 15.9. The molecule has 0 fully saturated rings. The molecule has 0 bridgehead atoms. The van der Waals surface area contributed by atoms with E-state index >= 15 is 0 Å². The highest BCUT2D eigenvalue weighted by atomic mass is 35.5. The van der Waals surface area contributed by atoms with Crippen LogP contribution in [0.3, 0.4) is 0 Å². The number of halogens is 3. The van der Waals surface area contributed by atoms with Gasteiger partial charge < -0.3 is 5.32 Å². The maximum Gasteiger partial charge on any atom is 0.243 e. The summed E-state index contributed by atoms with van der Waals surface area (Å²) in [5.74, 6) is 0.285. The van der Waals surface area contributed by atoms with E-state index in [0.717, 1.165) is 10.6 Å². The minimum Gasteiger partial charge on any atom is -0.353 e. The Morgan fingerprint density at radius 3 is 2.59 bits per heavy atom. The summed E-state index contributed by atoms with van der Waals surface area (Å²) in [6, 6.07) is 9.89. The molecule has 0 radical (unpaired) electrons. The second-order valence-electron chi connectivity index (χ2n) is 6.27. The predicted molar refractivity (Wildman–Crippen MR) is 119 cm³/mol. The van der Waals surface area contributed by atoms with Gasteiger partial charge in [-0.3, -0.25) is 9.10 Å². The maximum atomic E-state index is 13.6. The number of hydrogen-bond acceptors (Lipinski definition) is 4. The average Bonchev–Trinajstić information content (AvgIpc) is 2.64. The molecule has 1 N–H and O–H groups in total. The standard InChI is InChI=1S/C19H21Cl2FN2O3S2/c1-13(24(29(2,26)27)18-11-15(20)7-8-16(18)21)19(25)23-9-10-28-12-14-5-3-4-6-17(14)22/h3-8,11,13H,9-10,12H2,1-2H3,(H,23,25)/t13-/m1/s1. The normalized spacial score (nSPS) is 12.4. The molecule has 0 aliphatic heterocycles. The molecule has 0 aliphatic rings. The van der Waals surface area contributed by atoms with Crippen molar-refractivity contribution in [3.05, 3.63) is 63.9 Å². The number of nitrogens with zero attached hydrogens (tertiary/aromatic N) is 1. The Labute approximate surface area is 184 Å². The lowest BCUT2D eigenvalue weighted by molar-refractivity contribution is -0.121. The molecule has 158 valence electrons. The van der Waals surface area contributed by atoms with Crippen molar-refractivity contribution in [3.63, 3.8) is 0 Å². The van der Waals surface area contributed by atoms with Gasteiger partial charge in [0.1, 0.15) is 11.9 Å². The Morgan fingerprint density at radius 2 is 1.93 bits per heavy atom. The summed E-state index contributed by atoms with van der Waals surface area (Å²) >= 11 is 13.6. The minimum absolute atomic E-state index is 0.137. The predicted octanol–water partition coefficient (Wildman–Crippen LogP) is 4.34. The number of amides is 1. The summed E-state index contributed by atoms with van der Waals surface area (Å²) in [6.45, 7) is 1.78. The number of nitrogens with one attached hydrogen (secondary N) is 1. The molecule has 0 aliphatic carbocycles. The van der Waals surface area contributed by atoms with Crippen molar-refractivity contribution in [3.8, 4) is 0 Å². The molecule has 5 nitrogen and oxygen atoms in total. The van der Waals surface area contributed by atoms with Crippen LogP contribution in [0.1, 0.15) is 12.5 Å². The third kappa shape index (κ3) is 6.77. The molecule has 0 saturated heterocycles. The second kappa shape index (κ2) is 10.5. The zero-order chi connectivity index (χ0) is 21.6. The first kappa shape index (κ1) is 23.8. The molecule has 1 atom stereocenters. The van der Waals surface area contributed by atoms with Gasteiger partial charge in [-0.1, -0.05) is 41.4 Å². The molecular formula is C19H21Cl2FN2O3S2. The van der Waals surface area contributed by atoms with Gasteiger partial charge in [0.15, 0.2) is 0 Å². The van der Waals surface area contributed by atoms with Crippen molar-refractivity contribution < 1.29 is 17.6 Å². The van der Waals surface area contributed by atoms with Gasteiger partial charge in [-0.25, -0.2) is 12.8 Å².